The van der Waals surface area contributed by atoms with E-state index in [0.29, 0.717) is 24.9 Å². The topological polar surface area (TPSA) is 104 Å². The molecule has 0 aliphatic carbocycles. The summed E-state index contributed by atoms with van der Waals surface area (Å²) in [7, 11) is 0. The second kappa shape index (κ2) is 5.83. The van der Waals surface area contributed by atoms with Gasteiger partial charge in [-0.25, -0.2) is 0 Å². The van der Waals surface area contributed by atoms with Crippen LogP contribution in [0.2, 0.25) is 0 Å². The number of rotatable bonds is 4. The molecule has 7 nitrogen and oxygen atoms in total. The summed E-state index contributed by atoms with van der Waals surface area (Å²) in [5, 5.41) is 11.0. The highest BCUT2D eigenvalue weighted by Crippen LogP contribution is 2.28. The van der Waals surface area contributed by atoms with E-state index in [-0.39, 0.29) is 24.7 Å². The van der Waals surface area contributed by atoms with Crippen LogP contribution in [0.15, 0.2) is 18.2 Å². The summed E-state index contributed by atoms with van der Waals surface area (Å²) in [6, 6.07) is 4.62. The number of fused-ring (bicyclic) bond motifs is 1. The van der Waals surface area contributed by atoms with E-state index in [4.69, 9.17) is 5.11 Å². The summed E-state index contributed by atoms with van der Waals surface area (Å²) in [5.41, 5.74) is 2.18. The van der Waals surface area contributed by atoms with Crippen molar-refractivity contribution in [1.82, 2.24) is 10.2 Å². The quantitative estimate of drug-likeness (QED) is 0.786. The molecule has 7 heteroatoms. The van der Waals surface area contributed by atoms with Crippen LogP contribution in [-0.4, -0.2) is 39.7 Å². The Morgan fingerprint density at radius 3 is 2.78 bits per heavy atom. The van der Waals surface area contributed by atoms with E-state index >= 15 is 0 Å². The van der Waals surface area contributed by atoms with Gasteiger partial charge >= 0.3 is 5.97 Å². The van der Waals surface area contributed by atoms with Crippen LogP contribution in [0.25, 0.3) is 0 Å². The number of carbonyl (C=O) groups is 4. The highest BCUT2D eigenvalue weighted by molar-refractivity contribution is 6.05. The molecule has 1 unspecified atom stereocenters. The van der Waals surface area contributed by atoms with Crippen LogP contribution in [0.3, 0.4) is 0 Å². The molecule has 1 aromatic carbocycles. The first kappa shape index (κ1) is 15.2. The average molecular weight is 316 g/mol. The Kier molecular flexibility index (Phi) is 3.85. The molecular weight excluding hydrogens is 300 g/mol. The molecule has 1 saturated heterocycles. The lowest BCUT2D eigenvalue weighted by Crippen LogP contribution is -2.52. The first-order valence-corrected chi connectivity index (χ1v) is 7.44. The first-order valence-electron chi connectivity index (χ1n) is 7.44. The zero-order chi connectivity index (χ0) is 16.6. The van der Waals surface area contributed by atoms with Crippen LogP contribution in [-0.2, 0) is 27.3 Å². The molecule has 3 rings (SSSR count). The predicted octanol–water partition coefficient (Wildman–Crippen LogP) is 0.465. The monoisotopic (exact) mass is 316 g/mol. The minimum Gasteiger partial charge on any atom is -0.481 e. The Hall–Kier alpha value is -2.70. The van der Waals surface area contributed by atoms with Crippen molar-refractivity contribution in [2.45, 2.75) is 38.3 Å². The van der Waals surface area contributed by atoms with E-state index < -0.39 is 17.9 Å². The molecule has 3 amide bonds. The van der Waals surface area contributed by atoms with E-state index in [1.54, 1.807) is 12.1 Å². The third-order valence-electron chi connectivity index (χ3n) is 4.22. The van der Waals surface area contributed by atoms with E-state index in [0.717, 1.165) is 11.1 Å². The molecule has 2 aliphatic rings. The molecule has 0 bridgehead atoms. The third kappa shape index (κ3) is 2.94. The van der Waals surface area contributed by atoms with Crippen LogP contribution in [0, 0.1) is 0 Å². The molecule has 1 fully saturated rings. The smallest absolute Gasteiger partial charge is 0.303 e. The van der Waals surface area contributed by atoms with Crippen molar-refractivity contribution in [3.8, 4) is 0 Å². The van der Waals surface area contributed by atoms with Crippen molar-refractivity contribution in [2.24, 2.45) is 0 Å². The normalized spacial score (nSPS) is 20.4. The van der Waals surface area contributed by atoms with Gasteiger partial charge in [0.1, 0.15) is 6.04 Å². The standard InChI is InChI=1S/C16H16N2O5/c19-13-5-4-12(15(22)17-13)18-8-10-7-9(2-6-14(20)21)1-3-11(10)16(18)23/h1,3,7,12H,2,4-6,8H2,(H,20,21)(H,17,19,22). The average Bonchev–Trinajstić information content (AvgIpc) is 2.82. The summed E-state index contributed by atoms with van der Waals surface area (Å²) in [4.78, 5) is 47.8. The fourth-order valence-corrected chi connectivity index (χ4v) is 3.03. The van der Waals surface area contributed by atoms with Gasteiger partial charge in [0.05, 0.1) is 0 Å². The van der Waals surface area contributed by atoms with Crippen LogP contribution in [0.1, 0.15) is 40.7 Å². The molecule has 23 heavy (non-hydrogen) atoms. The Morgan fingerprint density at radius 2 is 2.09 bits per heavy atom. The SMILES string of the molecule is O=C(O)CCc1ccc2c(c1)CN(C1CCC(=O)NC1=O)C2=O. The second-order valence-electron chi connectivity index (χ2n) is 5.79. The van der Waals surface area contributed by atoms with Crippen LogP contribution >= 0.6 is 0 Å². The van der Waals surface area contributed by atoms with Gasteiger partial charge in [0.25, 0.3) is 5.91 Å². The fourth-order valence-electron chi connectivity index (χ4n) is 3.03. The summed E-state index contributed by atoms with van der Waals surface area (Å²) < 4.78 is 0. The van der Waals surface area contributed by atoms with E-state index in [9.17, 15) is 19.2 Å². The van der Waals surface area contributed by atoms with Gasteiger partial charge in [-0.15, -0.1) is 0 Å². The molecule has 1 atom stereocenters. The third-order valence-corrected chi connectivity index (χ3v) is 4.22. The number of hydrogen-bond acceptors (Lipinski definition) is 4. The number of nitrogens with zero attached hydrogens (tertiary/aromatic N) is 1. The summed E-state index contributed by atoms with van der Waals surface area (Å²) in [6.07, 6.45) is 0.982. The number of imide groups is 1. The molecule has 2 N–H and O–H groups in total. The Bertz CT molecular complexity index is 712. The second-order valence-corrected chi connectivity index (χ2v) is 5.79. The number of hydrogen-bond donors (Lipinski definition) is 2. The van der Waals surface area contributed by atoms with Gasteiger partial charge in [-0.05, 0) is 30.0 Å². The number of aliphatic carboxylic acids is 1. The lowest BCUT2D eigenvalue weighted by molar-refractivity contribution is -0.138. The van der Waals surface area contributed by atoms with Gasteiger partial charge < -0.3 is 10.0 Å². The predicted molar refractivity (Wildman–Crippen MR) is 78.4 cm³/mol. The number of carboxylic acids is 1. The van der Waals surface area contributed by atoms with Crippen molar-refractivity contribution in [3.63, 3.8) is 0 Å². The number of amides is 3. The number of carbonyl (C=O) groups excluding carboxylic acids is 3. The van der Waals surface area contributed by atoms with Gasteiger partial charge in [-0.3, -0.25) is 24.5 Å². The molecule has 0 aromatic heterocycles. The fraction of sp³-hybridized carbons (Fsp3) is 0.375. The van der Waals surface area contributed by atoms with Gasteiger partial charge in [-0.1, -0.05) is 12.1 Å². The van der Waals surface area contributed by atoms with Crippen LogP contribution < -0.4 is 5.32 Å². The number of benzene rings is 1. The van der Waals surface area contributed by atoms with Crippen molar-refractivity contribution in [1.29, 1.82) is 0 Å². The number of aryl methyl sites for hydroxylation is 1. The van der Waals surface area contributed by atoms with E-state index in [1.165, 1.54) is 4.90 Å². The Balaban J connectivity index is 1.77. The lowest BCUT2D eigenvalue weighted by atomic mass is 10.0. The number of carboxylic acid groups (broad SMARTS) is 1. The van der Waals surface area contributed by atoms with Crippen molar-refractivity contribution in [2.75, 3.05) is 0 Å². The van der Waals surface area contributed by atoms with Crippen LogP contribution in [0.5, 0.6) is 0 Å². The summed E-state index contributed by atoms with van der Waals surface area (Å²) in [5.74, 6) is -1.84. The maximum absolute atomic E-state index is 12.5. The molecule has 120 valence electrons. The molecule has 0 radical (unpaired) electrons. The maximum Gasteiger partial charge on any atom is 0.303 e. The van der Waals surface area contributed by atoms with Gasteiger partial charge in [0, 0.05) is 24.9 Å². The van der Waals surface area contributed by atoms with Gasteiger partial charge in [0.2, 0.25) is 11.8 Å². The van der Waals surface area contributed by atoms with Gasteiger partial charge in [0.15, 0.2) is 0 Å². The molecule has 0 spiro atoms. The minimum atomic E-state index is -0.869. The highest BCUT2D eigenvalue weighted by Gasteiger charge is 2.38. The van der Waals surface area contributed by atoms with Crippen molar-refractivity contribution >= 4 is 23.7 Å². The minimum absolute atomic E-state index is 0.0313. The van der Waals surface area contributed by atoms with Crippen molar-refractivity contribution < 1.29 is 24.3 Å². The zero-order valence-electron chi connectivity index (χ0n) is 12.4. The molecular formula is C16H16N2O5. The Morgan fingerprint density at radius 1 is 1.30 bits per heavy atom. The Labute approximate surface area is 132 Å². The van der Waals surface area contributed by atoms with Gasteiger partial charge in [-0.2, -0.15) is 0 Å². The van der Waals surface area contributed by atoms with Crippen LogP contribution in [0.4, 0.5) is 0 Å². The zero-order valence-corrected chi connectivity index (χ0v) is 12.4. The maximum atomic E-state index is 12.5. The summed E-state index contributed by atoms with van der Waals surface area (Å²) in [6.45, 7) is 0.307. The summed E-state index contributed by atoms with van der Waals surface area (Å²) >= 11 is 0. The lowest BCUT2D eigenvalue weighted by Gasteiger charge is -2.29. The van der Waals surface area contributed by atoms with Crippen molar-refractivity contribution in [3.05, 3.63) is 34.9 Å². The number of nitrogens with one attached hydrogen (secondary N) is 1. The highest BCUT2D eigenvalue weighted by atomic mass is 16.4. The first-order chi connectivity index (χ1) is 11.0. The molecule has 0 saturated carbocycles. The molecule has 2 aliphatic heterocycles. The van der Waals surface area contributed by atoms with E-state index in [2.05, 4.69) is 5.32 Å². The largest absolute Gasteiger partial charge is 0.481 e. The van der Waals surface area contributed by atoms with E-state index in [1.807, 2.05) is 6.07 Å². The molecule has 2 heterocycles. The molecule has 1 aromatic rings. The number of piperidine rings is 1.